The van der Waals surface area contributed by atoms with E-state index in [-0.39, 0.29) is 0 Å². The van der Waals surface area contributed by atoms with Gasteiger partial charge in [-0.05, 0) is 98.5 Å². The maximum absolute atomic E-state index is 5.60. The van der Waals surface area contributed by atoms with E-state index in [0.717, 1.165) is 5.75 Å². The molecule has 0 aliphatic carbocycles. The minimum absolute atomic E-state index is 0.306. The smallest absolute Gasteiger partial charge is 0.122 e. The summed E-state index contributed by atoms with van der Waals surface area (Å²) in [5, 5.41) is 4.22. The van der Waals surface area contributed by atoms with E-state index in [4.69, 9.17) is 4.74 Å². The van der Waals surface area contributed by atoms with Crippen molar-refractivity contribution in [2.24, 2.45) is 0 Å². The normalized spacial score (nSPS) is 12.6. The number of methoxy groups -OCH3 is 1. The molecule has 0 amide bonds. The van der Waals surface area contributed by atoms with Gasteiger partial charge in [-0.3, -0.25) is 0 Å². The Kier molecular flexibility index (Phi) is 7.35. The molecule has 4 rings (SSSR count). The van der Waals surface area contributed by atoms with Gasteiger partial charge in [-0.1, -0.05) is 60.7 Å². The van der Waals surface area contributed by atoms with Crippen LogP contribution in [-0.4, -0.2) is 12.8 Å². The molecular weight excluding hydrogens is 431 g/mol. The van der Waals surface area contributed by atoms with E-state index in [1.54, 1.807) is 7.11 Å². The van der Waals surface area contributed by atoms with Gasteiger partial charge in [0.1, 0.15) is 28.9 Å². The molecular formula is C32H34OP+. The molecule has 34 heavy (non-hydrogen) atoms. The lowest BCUT2D eigenvalue weighted by Gasteiger charge is -2.31. The zero-order valence-corrected chi connectivity index (χ0v) is 21.7. The largest absolute Gasteiger partial charge is 0.496 e. The fraction of sp³-hybridized carbons (Fsp3) is 0.188. The zero-order valence-electron chi connectivity index (χ0n) is 20.8. The summed E-state index contributed by atoms with van der Waals surface area (Å²) in [4.78, 5) is 0. The average molecular weight is 466 g/mol. The van der Waals surface area contributed by atoms with E-state index in [1.165, 1.54) is 38.2 Å². The zero-order chi connectivity index (χ0) is 24.1. The number of allylic oxidation sites excluding steroid dienone is 1. The van der Waals surface area contributed by atoms with Gasteiger partial charge in [0.05, 0.1) is 12.8 Å². The highest BCUT2D eigenvalue weighted by Crippen LogP contribution is 2.60. The third-order valence-corrected chi connectivity index (χ3v) is 11.7. The van der Waals surface area contributed by atoms with Crippen molar-refractivity contribution >= 4 is 29.3 Å². The Morgan fingerprint density at radius 2 is 1.12 bits per heavy atom. The molecule has 0 aliphatic heterocycles. The highest BCUT2D eigenvalue weighted by atomic mass is 31.2. The second-order valence-corrected chi connectivity index (χ2v) is 12.7. The Labute approximate surface area is 205 Å². The Balaban J connectivity index is 1.93. The Morgan fingerprint density at radius 1 is 0.676 bits per heavy atom. The average Bonchev–Trinajstić information content (AvgIpc) is 2.88. The topological polar surface area (TPSA) is 9.23 Å². The summed E-state index contributed by atoms with van der Waals surface area (Å²) >= 11 is 0. The van der Waals surface area contributed by atoms with Crippen LogP contribution < -0.4 is 20.7 Å². The summed E-state index contributed by atoms with van der Waals surface area (Å²) in [6, 6.07) is 35.4. The van der Waals surface area contributed by atoms with Crippen LogP contribution in [0.2, 0.25) is 0 Å². The molecule has 1 unspecified atom stereocenters. The summed E-state index contributed by atoms with van der Waals surface area (Å²) in [5.41, 5.74) is 5.32. The van der Waals surface area contributed by atoms with Crippen molar-refractivity contribution in [1.29, 1.82) is 0 Å². The molecule has 0 radical (unpaired) electrons. The maximum Gasteiger partial charge on any atom is 0.122 e. The van der Waals surface area contributed by atoms with Crippen molar-refractivity contribution in [3.8, 4) is 5.75 Å². The van der Waals surface area contributed by atoms with Gasteiger partial charge in [0.2, 0.25) is 0 Å². The quantitative estimate of drug-likeness (QED) is 0.267. The predicted octanol–water partition coefficient (Wildman–Crippen LogP) is 7.02. The van der Waals surface area contributed by atoms with Crippen molar-refractivity contribution in [2.45, 2.75) is 33.4 Å². The second-order valence-electron chi connectivity index (χ2n) is 8.89. The standard InChI is InChI=1S/C32H34OP/c1-24-23-32(33-5)27(4)26(3)31(24)22-21-25(2)34(28-15-9-6-10-16-28,29-17-11-7-12-18-29)30-19-13-8-14-20-30/h6-23,25H,1-5H3/q+1/b22-21+. The van der Waals surface area contributed by atoms with E-state index in [2.05, 4.69) is 137 Å². The van der Waals surface area contributed by atoms with Crippen LogP contribution in [0.4, 0.5) is 0 Å². The molecule has 0 aliphatic rings. The van der Waals surface area contributed by atoms with Crippen LogP contribution >= 0.6 is 7.26 Å². The van der Waals surface area contributed by atoms with Gasteiger partial charge in [0.15, 0.2) is 0 Å². The highest BCUT2D eigenvalue weighted by molar-refractivity contribution is 7.96. The number of hydrogen-bond donors (Lipinski definition) is 0. The van der Waals surface area contributed by atoms with Gasteiger partial charge in [0.25, 0.3) is 0 Å². The number of aryl methyl sites for hydroxylation is 1. The summed E-state index contributed by atoms with van der Waals surface area (Å²) in [6.07, 6.45) is 4.77. The number of ether oxygens (including phenoxy) is 1. The summed E-state index contributed by atoms with van der Waals surface area (Å²) in [5.74, 6) is 0.958. The molecule has 2 heteroatoms. The molecule has 4 aromatic rings. The lowest BCUT2D eigenvalue weighted by molar-refractivity contribution is 0.411. The van der Waals surface area contributed by atoms with E-state index >= 15 is 0 Å². The van der Waals surface area contributed by atoms with E-state index in [1.807, 2.05) is 0 Å². The van der Waals surface area contributed by atoms with Crippen LogP contribution in [0.25, 0.3) is 6.08 Å². The summed E-state index contributed by atoms with van der Waals surface area (Å²) in [7, 11) is -0.203. The lowest BCUT2D eigenvalue weighted by Crippen LogP contribution is -2.36. The number of rotatable bonds is 7. The first-order valence-electron chi connectivity index (χ1n) is 11.9. The molecule has 0 spiro atoms. The van der Waals surface area contributed by atoms with Gasteiger partial charge in [-0.25, -0.2) is 0 Å². The molecule has 0 heterocycles. The molecule has 0 N–H and O–H groups in total. The first-order valence-corrected chi connectivity index (χ1v) is 13.7. The summed E-state index contributed by atoms with van der Waals surface area (Å²) < 4.78 is 5.60. The fourth-order valence-corrected chi connectivity index (χ4v) is 9.62. The van der Waals surface area contributed by atoms with Gasteiger partial charge >= 0.3 is 0 Å². The van der Waals surface area contributed by atoms with E-state index in [0.29, 0.717) is 5.66 Å². The second kappa shape index (κ2) is 10.4. The van der Waals surface area contributed by atoms with Crippen LogP contribution in [-0.2, 0) is 0 Å². The molecule has 4 aromatic carbocycles. The van der Waals surface area contributed by atoms with Crippen LogP contribution in [0.5, 0.6) is 5.75 Å². The van der Waals surface area contributed by atoms with Crippen molar-refractivity contribution in [1.82, 2.24) is 0 Å². The molecule has 0 bridgehead atoms. The molecule has 0 saturated carbocycles. The summed E-state index contributed by atoms with van der Waals surface area (Å²) in [6.45, 7) is 8.90. The number of benzene rings is 4. The fourth-order valence-electron chi connectivity index (χ4n) is 5.04. The van der Waals surface area contributed by atoms with E-state index < -0.39 is 7.26 Å². The van der Waals surface area contributed by atoms with Gasteiger partial charge in [-0.15, -0.1) is 0 Å². The van der Waals surface area contributed by atoms with Crippen LogP contribution in [0.3, 0.4) is 0 Å². The molecule has 172 valence electrons. The maximum atomic E-state index is 5.60. The van der Waals surface area contributed by atoms with Crippen molar-refractivity contribution in [3.05, 3.63) is 125 Å². The molecule has 1 nitrogen and oxygen atoms in total. The molecule has 0 aromatic heterocycles. The Hall–Kier alpha value is -3.15. The number of hydrogen-bond acceptors (Lipinski definition) is 1. The van der Waals surface area contributed by atoms with Crippen molar-refractivity contribution in [3.63, 3.8) is 0 Å². The first kappa shape index (κ1) is 24.0. The third-order valence-electron chi connectivity index (χ3n) is 6.97. The van der Waals surface area contributed by atoms with Crippen LogP contribution in [0, 0.1) is 20.8 Å². The Morgan fingerprint density at radius 3 is 1.53 bits per heavy atom. The van der Waals surface area contributed by atoms with Crippen molar-refractivity contribution < 1.29 is 4.74 Å². The molecule has 0 saturated heterocycles. The molecule has 1 atom stereocenters. The highest BCUT2D eigenvalue weighted by Gasteiger charge is 2.49. The SMILES string of the molecule is COc1cc(C)c(/C=C/C(C)[P+](c2ccccc2)(c2ccccc2)c2ccccc2)c(C)c1C. The van der Waals surface area contributed by atoms with Gasteiger partial charge in [0, 0.05) is 0 Å². The minimum Gasteiger partial charge on any atom is -0.496 e. The van der Waals surface area contributed by atoms with E-state index in [9.17, 15) is 0 Å². The van der Waals surface area contributed by atoms with Gasteiger partial charge < -0.3 is 4.74 Å². The predicted molar refractivity (Wildman–Crippen MR) is 151 cm³/mol. The third kappa shape index (κ3) is 4.33. The van der Waals surface area contributed by atoms with Crippen LogP contribution in [0.15, 0.2) is 103 Å². The van der Waals surface area contributed by atoms with Crippen molar-refractivity contribution in [2.75, 3.05) is 7.11 Å². The Bertz CT molecular complexity index is 1160. The monoisotopic (exact) mass is 465 g/mol. The molecule has 0 fully saturated rings. The van der Waals surface area contributed by atoms with Crippen LogP contribution in [0.1, 0.15) is 29.2 Å². The minimum atomic E-state index is -1.95. The lowest BCUT2D eigenvalue weighted by atomic mass is 9.97. The first-order chi connectivity index (χ1) is 16.5. The van der Waals surface area contributed by atoms with Gasteiger partial charge in [-0.2, -0.15) is 0 Å².